The highest BCUT2D eigenvalue weighted by Gasteiger charge is 2.34. The molecule has 1 saturated heterocycles. The van der Waals surface area contributed by atoms with Gasteiger partial charge in [-0.1, -0.05) is 23.2 Å². The first-order valence-electron chi connectivity index (χ1n) is 6.59. The van der Waals surface area contributed by atoms with E-state index in [0.29, 0.717) is 6.04 Å². The Kier molecular flexibility index (Phi) is 3.44. The number of benzene rings is 1. The van der Waals surface area contributed by atoms with Gasteiger partial charge in [-0.15, -0.1) is 0 Å². The molecular formula is C14H18Cl2N2. The molecule has 0 bridgehead atoms. The molecule has 0 amide bonds. The van der Waals surface area contributed by atoms with Gasteiger partial charge in [-0.05, 0) is 43.4 Å². The molecule has 2 nitrogen and oxygen atoms in total. The maximum atomic E-state index is 6.36. The Bertz CT molecular complexity index is 457. The van der Waals surface area contributed by atoms with Gasteiger partial charge in [0.15, 0.2) is 0 Å². The number of hydrogen-bond donors (Lipinski definition) is 1. The number of rotatable bonds is 2. The van der Waals surface area contributed by atoms with Crippen LogP contribution >= 0.6 is 23.2 Å². The van der Waals surface area contributed by atoms with Crippen LogP contribution in [-0.4, -0.2) is 25.7 Å². The lowest BCUT2D eigenvalue weighted by molar-refractivity contribution is 0.419. The zero-order valence-electron chi connectivity index (χ0n) is 10.5. The molecular weight excluding hydrogens is 267 g/mol. The molecule has 1 aliphatic heterocycles. The lowest BCUT2D eigenvalue weighted by Gasteiger charge is -2.36. The van der Waals surface area contributed by atoms with Crippen molar-refractivity contribution in [3.05, 3.63) is 27.7 Å². The largest absolute Gasteiger partial charge is 0.367 e. The Morgan fingerprint density at radius 2 is 2.00 bits per heavy atom. The van der Waals surface area contributed by atoms with Crippen molar-refractivity contribution in [1.29, 1.82) is 0 Å². The van der Waals surface area contributed by atoms with Crippen molar-refractivity contribution in [2.45, 2.75) is 25.8 Å². The Labute approximate surface area is 118 Å². The molecule has 0 spiro atoms. The maximum absolute atomic E-state index is 6.36. The highest BCUT2D eigenvalue weighted by molar-refractivity contribution is 6.35. The molecule has 18 heavy (non-hydrogen) atoms. The molecule has 1 aromatic rings. The first kappa shape index (κ1) is 12.6. The lowest BCUT2D eigenvalue weighted by atomic mass is 10.1. The van der Waals surface area contributed by atoms with Gasteiger partial charge in [0.25, 0.3) is 0 Å². The summed E-state index contributed by atoms with van der Waals surface area (Å²) in [4.78, 5) is 2.37. The minimum absolute atomic E-state index is 0.620. The fraction of sp³-hybridized carbons (Fsp3) is 0.571. The van der Waals surface area contributed by atoms with Crippen LogP contribution in [0.25, 0.3) is 0 Å². The summed E-state index contributed by atoms with van der Waals surface area (Å²) in [6.45, 7) is 5.07. The number of aryl methyl sites for hydroxylation is 1. The second-order valence-corrected chi connectivity index (χ2v) is 6.21. The average Bonchev–Trinajstić information content (AvgIpc) is 3.18. The van der Waals surface area contributed by atoms with Gasteiger partial charge in [0.1, 0.15) is 0 Å². The third-order valence-corrected chi connectivity index (χ3v) is 4.68. The molecule has 1 saturated carbocycles. The molecule has 1 aromatic carbocycles. The van der Waals surface area contributed by atoms with E-state index in [-0.39, 0.29) is 0 Å². The van der Waals surface area contributed by atoms with Crippen LogP contribution in [0.3, 0.4) is 0 Å². The zero-order valence-corrected chi connectivity index (χ0v) is 12.1. The molecule has 2 aliphatic rings. The fourth-order valence-corrected chi connectivity index (χ4v) is 3.19. The average molecular weight is 285 g/mol. The van der Waals surface area contributed by atoms with Crippen molar-refractivity contribution in [1.82, 2.24) is 5.32 Å². The van der Waals surface area contributed by atoms with Gasteiger partial charge in [-0.25, -0.2) is 0 Å². The Morgan fingerprint density at radius 1 is 1.22 bits per heavy atom. The van der Waals surface area contributed by atoms with Crippen molar-refractivity contribution in [3.8, 4) is 0 Å². The van der Waals surface area contributed by atoms with Crippen LogP contribution in [0.4, 0.5) is 5.69 Å². The monoisotopic (exact) mass is 284 g/mol. The van der Waals surface area contributed by atoms with E-state index < -0.39 is 0 Å². The van der Waals surface area contributed by atoms with E-state index in [9.17, 15) is 0 Å². The normalized spacial score (nSPS) is 24.4. The van der Waals surface area contributed by atoms with Crippen LogP contribution in [0.2, 0.25) is 10.0 Å². The summed E-state index contributed by atoms with van der Waals surface area (Å²) in [6, 6.07) is 4.59. The molecule has 0 radical (unpaired) electrons. The molecule has 1 aliphatic carbocycles. The van der Waals surface area contributed by atoms with E-state index in [0.717, 1.165) is 46.8 Å². The van der Waals surface area contributed by atoms with E-state index in [4.69, 9.17) is 23.2 Å². The summed E-state index contributed by atoms with van der Waals surface area (Å²) in [7, 11) is 0. The molecule has 98 valence electrons. The van der Waals surface area contributed by atoms with Crippen LogP contribution in [0.5, 0.6) is 0 Å². The van der Waals surface area contributed by atoms with Crippen LogP contribution in [-0.2, 0) is 0 Å². The first-order valence-corrected chi connectivity index (χ1v) is 7.34. The highest BCUT2D eigenvalue weighted by Crippen LogP contribution is 2.36. The van der Waals surface area contributed by atoms with Crippen LogP contribution in [0.1, 0.15) is 18.4 Å². The van der Waals surface area contributed by atoms with Crippen LogP contribution in [0.15, 0.2) is 12.1 Å². The van der Waals surface area contributed by atoms with Gasteiger partial charge >= 0.3 is 0 Å². The zero-order chi connectivity index (χ0) is 12.7. The second-order valence-electron chi connectivity index (χ2n) is 5.40. The Balaban J connectivity index is 1.82. The number of anilines is 1. The third-order valence-electron chi connectivity index (χ3n) is 3.97. The van der Waals surface area contributed by atoms with Crippen molar-refractivity contribution in [3.63, 3.8) is 0 Å². The number of nitrogens with zero attached hydrogens (tertiary/aromatic N) is 1. The van der Waals surface area contributed by atoms with Gasteiger partial charge < -0.3 is 10.2 Å². The van der Waals surface area contributed by atoms with E-state index in [1.165, 1.54) is 12.8 Å². The SMILES string of the molecule is Cc1cc(Cl)c(N2CCNC(C3CC3)C2)cc1Cl. The molecule has 1 N–H and O–H groups in total. The van der Waals surface area contributed by atoms with Crippen LogP contribution in [0, 0.1) is 12.8 Å². The summed E-state index contributed by atoms with van der Waals surface area (Å²) < 4.78 is 0. The maximum Gasteiger partial charge on any atom is 0.0643 e. The molecule has 0 aromatic heterocycles. The second kappa shape index (κ2) is 4.92. The van der Waals surface area contributed by atoms with Crippen LogP contribution < -0.4 is 10.2 Å². The smallest absolute Gasteiger partial charge is 0.0643 e. The number of nitrogens with one attached hydrogen (secondary N) is 1. The lowest BCUT2D eigenvalue weighted by Crippen LogP contribution is -2.51. The minimum Gasteiger partial charge on any atom is -0.367 e. The van der Waals surface area contributed by atoms with Gasteiger partial charge in [0.05, 0.1) is 10.7 Å². The first-order chi connectivity index (χ1) is 8.65. The quantitative estimate of drug-likeness (QED) is 0.894. The molecule has 3 rings (SSSR count). The number of piperazine rings is 1. The van der Waals surface area contributed by atoms with Crippen molar-refractivity contribution < 1.29 is 0 Å². The molecule has 2 fully saturated rings. The summed E-state index contributed by atoms with van der Waals surface area (Å²) >= 11 is 12.6. The molecule has 1 heterocycles. The van der Waals surface area contributed by atoms with Crippen molar-refractivity contribution in [2.75, 3.05) is 24.5 Å². The molecule has 1 atom stereocenters. The summed E-state index contributed by atoms with van der Waals surface area (Å²) in [5, 5.41) is 5.22. The topological polar surface area (TPSA) is 15.3 Å². The number of halogens is 2. The summed E-state index contributed by atoms with van der Waals surface area (Å²) in [6.07, 6.45) is 2.74. The van der Waals surface area contributed by atoms with Gasteiger partial charge in [0, 0.05) is 30.7 Å². The van der Waals surface area contributed by atoms with Crippen molar-refractivity contribution in [2.24, 2.45) is 5.92 Å². The van der Waals surface area contributed by atoms with Gasteiger partial charge in [-0.3, -0.25) is 0 Å². The van der Waals surface area contributed by atoms with Crippen molar-refractivity contribution >= 4 is 28.9 Å². The minimum atomic E-state index is 0.620. The van der Waals surface area contributed by atoms with E-state index >= 15 is 0 Å². The van der Waals surface area contributed by atoms with Gasteiger partial charge in [0.2, 0.25) is 0 Å². The fourth-order valence-electron chi connectivity index (χ4n) is 2.69. The van der Waals surface area contributed by atoms with E-state index in [1.807, 2.05) is 19.1 Å². The number of hydrogen-bond acceptors (Lipinski definition) is 2. The van der Waals surface area contributed by atoms with Gasteiger partial charge in [-0.2, -0.15) is 0 Å². The predicted octanol–water partition coefficient (Wildman–Crippen LogP) is 3.49. The third kappa shape index (κ3) is 2.47. The predicted molar refractivity (Wildman–Crippen MR) is 77.9 cm³/mol. The molecule has 4 heteroatoms. The summed E-state index contributed by atoms with van der Waals surface area (Å²) in [5.41, 5.74) is 2.12. The Morgan fingerprint density at radius 3 is 2.72 bits per heavy atom. The van der Waals surface area contributed by atoms with E-state index in [2.05, 4.69) is 10.2 Å². The van der Waals surface area contributed by atoms with E-state index in [1.54, 1.807) is 0 Å². The highest BCUT2D eigenvalue weighted by atomic mass is 35.5. The summed E-state index contributed by atoms with van der Waals surface area (Å²) in [5.74, 6) is 0.868. The Hall–Kier alpha value is -0.440. The molecule has 1 unspecified atom stereocenters. The standard InChI is InChI=1S/C14H18Cl2N2/c1-9-6-12(16)14(7-11(9)15)18-5-4-17-13(8-18)10-2-3-10/h6-7,10,13,17H,2-5,8H2,1H3.